The quantitative estimate of drug-likeness (QED) is 0.422. The zero-order valence-electron chi connectivity index (χ0n) is 16.3. The Hall–Kier alpha value is -2.61. The molecule has 0 fully saturated rings. The van der Waals surface area contributed by atoms with Crippen LogP contribution in [0.5, 0.6) is 0 Å². The minimum Gasteiger partial charge on any atom is -0.399 e. The average molecular weight is 358 g/mol. The zero-order chi connectivity index (χ0) is 19.2. The van der Waals surface area contributed by atoms with Gasteiger partial charge in [0.15, 0.2) is 0 Å². The van der Waals surface area contributed by atoms with Crippen molar-refractivity contribution in [2.45, 2.75) is 32.7 Å². The van der Waals surface area contributed by atoms with Crippen LogP contribution >= 0.6 is 0 Å². The van der Waals surface area contributed by atoms with Gasteiger partial charge >= 0.3 is 0 Å². The zero-order valence-corrected chi connectivity index (χ0v) is 16.3. The lowest BCUT2D eigenvalue weighted by Gasteiger charge is -2.21. The molecule has 0 aliphatic rings. The van der Waals surface area contributed by atoms with Crippen LogP contribution in [0.15, 0.2) is 24.3 Å². The molecule has 0 atom stereocenters. The fraction of sp³-hybridized carbons (Fsp3) is 0.500. The molecule has 8 nitrogen and oxygen atoms in total. The number of aromatic nitrogens is 3. The highest BCUT2D eigenvalue weighted by Crippen LogP contribution is 2.18. The molecule has 0 bridgehead atoms. The molecule has 1 aromatic carbocycles. The first-order chi connectivity index (χ1) is 12.2. The van der Waals surface area contributed by atoms with Gasteiger partial charge in [-0.25, -0.2) is 0 Å². The van der Waals surface area contributed by atoms with Gasteiger partial charge in [-0.05, 0) is 72.1 Å². The van der Waals surface area contributed by atoms with E-state index < -0.39 is 0 Å². The highest BCUT2D eigenvalue weighted by Gasteiger charge is 2.14. The van der Waals surface area contributed by atoms with Gasteiger partial charge in [-0.3, -0.25) is 0 Å². The van der Waals surface area contributed by atoms with Crippen molar-refractivity contribution in [2.75, 3.05) is 48.9 Å². The van der Waals surface area contributed by atoms with Gasteiger partial charge in [-0.1, -0.05) is 0 Å². The summed E-state index contributed by atoms with van der Waals surface area (Å²) < 4.78 is 0. The number of benzene rings is 1. The van der Waals surface area contributed by atoms with E-state index in [1.807, 2.05) is 24.3 Å². The second kappa shape index (κ2) is 8.66. The average Bonchev–Trinajstić information content (AvgIpc) is 2.52. The molecule has 0 unspecified atom stereocenters. The predicted molar refractivity (Wildman–Crippen MR) is 109 cm³/mol. The van der Waals surface area contributed by atoms with Crippen LogP contribution in [0.2, 0.25) is 0 Å². The third-order valence-electron chi connectivity index (χ3n) is 3.35. The summed E-state index contributed by atoms with van der Waals surface area (Å²) in [7, 11) is 4.12. The van der Waals surface area contributed by atoms with E-state index >= 15 is 0 Å². The third-order valence-corrected chi connectivity index (χ3v) is 3.35. The first-order valence-corrected chi connectivity index (χ1v) is 8.77. The number of hydrogen-bond donors (Lipinski definition) is 4. The molecule has 0 spiro atoms. The Morgan fingerprint density at radius 2 is 1.58 bits per heavy atom. The maximum atomic E-state index is 5.73. The van der Waals surface area contributed by atoms with Gasteiger partial charge in [0.25, 0.3) is 0 Å². The van der Waals surface area contributed by atoms with E-state index in [4.69, 9.17) is 5.73 Å². The number of anilines is 5. The summed E-state index contributed by atoms with van der Waals surface area (Å²) in [6.45, 7) is 7.98. The van der Waals surface area contributed by atoms with Crippen molar-refractivity contribution in [1.82, 2.24) is 19.9 Å². The van der Waals surface area contributed by atoms with E-state index in [0.29, 0.717) is 23.5 Å². The topological polar surface area (TPSA) is 104 Å². The molecule has 142 valence electrons. The normalized spacial score (nSPS) is 11.5. The Kier molecular flexibility index (Phi) is 6.57. The Labute approximate surface area is 155 Å². The maximum absolute atomic E-state index is 5.73. The molecule has 0 amide bonds. The van der Waals surface area contributed by atoms with Gasteiger partial charge in [-0.2, -0.15) is 15.0 Å². The van der Waals surface area contributed by atoms with Crippen LogP contribution < -0.4 is 21.7 Å². The van der Waals surface area contributed by atoms with Crippen LogP contribution in [-0.4, -0.2) is 52.6 Å². The molecule has 1 aromatic heterocycles. The van der Waals surface area contributed by atoms with Crippen molar-refractivity contribution in [1.29, 1.82) is 0 Å². The van der Waals surface area contributed by atoms with Crippen LogP contribution in [0.4, 0.5) is 29.2 Å². The van der Waals surface area contributed by atoms with Crippen LogP contribution in [0.3, 0.4) is 0 Å². The number of nitrogens with one attached hydrogen (secondary N) is 3. The molecular weight excluding hydrogens is 328 g/mol. The molecule has 0 saturated carbocycles. The molecule has 26 heavy (non-hydrogen) atoms. The summed E-state index contributed by atoms with van der Waals surface area (Å²) in [5.41, 5.74) is 7.16. The molecule has 0 saturated heterocycles. The highest BCUT2D eigenvalue weighted by molar-refractivity contribution is 5.58. The van der Waals surface area contributed by atoms with Crippen molar-refractivity contribution in [3.63, 3.8) is 0 Å². The summed E-state index contributed by atoms with van der Waals surface area (Å²) >= 11 is 0. The number of nitrogens with two attached hydrogens (primary N) is 1. The summed E-state index contributed by atoms with van der Waals surface area (Å²) in [4.78, 5) is 15.6. The Bertz CT molecular complexity index is 691. The third kappa shape index (κ3) is 7.10. The number of nitrogens with zero attached hydrogens (tertiary/aromatic N) is 4. The Morgan fingerprint density at radius 1 is 0.962 bits per heavy atom. The number of rotatable bonds is 8. The van der Waals surface area contributed by atoms with Gasteiger partial charge in [0.05, 0.1) is 0 Å². The standard InChI is InChI=1S/C18H30N8/c1-18(2,3)25-17-23-15(20-11-6-12-26(4)5)22-16(24-17)21-14-9-7-13(19)8-10-14/h7-10H,6,11-12,19H2,1-5H3,(H3,20,21,22,23,24,25). The molecule has 5 N–H and O–H groups in total. The second-order valence-corrected chi connectivity index (χ2v) is 7.51. The van der Waals surface area contributed by atoms with Gasteiger partial charge in [0.2, 0.25) is 17.8 Å². The van der Waals surface area contributed by atoms with Crippen LogP contribution in [0.1, 0.15) is 27.2 Å². The van der Waals surface area contributed by atoms with E-state index in [-0.39, 0.29) is 5.54 Å². The van der Waals surface area contributed by atoms with E-state index in [0.717, 1.165) is 25.2 Å². The lowest BCUT2D eigenvalue weighted by molar-refractivity contribution is 0.405. The fourth-order valence-corrected chi connectivity index (χ4v) is 2.19. The van der Waals surface area contributed by atoms with Gasteiger partial charge < -0.3 is 26.6 Å². The molecule has 0 aliphatic heterocycles. The highest BCUT2D eigenvalue weighted by atomic mass is 15.3. The summed E-state index contributed by atoms with van der Waals surface area (Å²) in [6, 6.07) is 7.44. The molecule has 1 heterocycles. The first-order valence-electron chi connectivity index (χ1n) is 8.77. The summed E-state index contributed by atoms with van der Waals surface area (Å²) in [5, 5.41) is 9.77. The van der Waals surface area contributed by atoms with E-state index in [1.165, 1.54) is 0 Å². The van der Waals surface area contributed by atoms with Crippen LogP contribution in [0, 0.1) is 0 Å². The predicted octanol–water partition coefficient (Wildman–Crippen LogP) is 2.77. The smallest absolute Gasteiger partial charge is 0.233 e. The van der Waals surface area contributed by atoms with Crippen LogP contribution in [-0.2, 0) is 0 Å². The summed E-state index contributed by atoms with van der Waals surface area (Å²) in [5.74, 6) is 1.55. The Balaban J connectivity index is 2.15. The molecule has 0 radical (unpaired) electrons. The van der Waals surface area contributed by atoms with Crippen molar-refractivity contribution in [3.05, 3.63) is 24.3 Å². The van der Waals surface area contributed by atoms with Crippen molar-refractivity contribution in [2.24, 2.45) is 0 Å². The van der Waals surface area contributed by atoms with Gasteiger partial charge in [0, 0.05) is 23.5 Å². The van der Waals surface area contributed by atoms with Crippen molar-refractivity contribution < 1.29 is 0 Å². The van der Waals surface area contributed by atoms with Crippen molar-refractivity contribution in [3.8, 4) is 0 Å². The molecule has 8 heteroatoms. The largest absolute Gasteiger partial charge is 0.399 e. The van der Waals surface area contributed by atoms with Crippen molar-refractivity contribution >= 4 is 29.2 Å². The molecule has 2 aromatic rings. The second-order valence-electron chi connectivity index (χ2n) is 7.51. The Morgan fingerprint density at radius 3 is 2.19 bits per heavy atom. The minimum atomic E-state index is -0.151. The SMILES string of the molecule is CN(C)CCCNc1nc(Nc2ccc(N)cc2)nc(NC(C)(C)C)n1. The number of nitrogen functional groups attached to an aromatic ring is 1. The fourth-order valence-electron chi connectivity index (χ4n) is 2.19. The maximum Gasteiger partial charge on any atom is 0.233 e. The monoisotopic (exact) mass is 358 g/mol. The lowest BCUT2D eigenvalue weighted by atomic mass is 10.1. The van der Waals surface area contributed by atoms with Gasteiger partial charge in [0.1, 0.15) is 0 Å². The molecule has 0 aliphatic carbocycles. The van der Waals surface area contributed by atoms with Gasteiger partial charge in [-0.15, -0.1) is 0 Å². The van der Waals surface area contributed by atoms with E-state index in [1.54, 1.807) is 0 Å². The first kappa shape index (κ1) is 19.7. The summed E-state index contributed by atoms with van der Waals surface area (Å²) in [6.07, 6.45) is 1.00. The van der Waals surface area contributed by atoms with E-state index in [9.17, 15) is 0 Å². The lowest BCUT2D eigenvalue weighted by Crippen LogP contribution is -2.28. The molecule has 2 rings (SSSR count). The number of hydrogen-bond acceptors (Lipinski definition) is 8. The molecular formula is C18H30N8. The van der Waals surface area contributed by atoms with Crippen LogP contribution in [0.25, 0.3) is 0 Å². The minimum absolute atomic E-state index is 0.151. The van der Waals surface area contributed by atoms with E-state index in [2.05, 4.69) is 70.7 Å².